The number of hydrogen-bond donors (Lipinski definition) is 1. The van der Waals surface area contributed by atoms with E-state index in [0.717, 1.165) is 11.3 Å². The second-order valence-corrected chi connectivity index (χ2v) is 5.13. The third-order valence-corrected chi connectivity index (χ3v) is 3.68. The first-order valence-electron chi connectivity index (χ1n) is 7.02. The monoisotopic (exact) mass is 272 g/mol. The van der Waals surface area contributed by atoms with Crippen LogP contribution in [0.5, 0.6) is 0 Å². The van der Waals surface area contributed by atoms with Crippen LogP contribution in [0.1, 0.15) is 24.1 Å². The van der Waals surface area contributed by atoms with Gasteiger partial charge in [-0.1, -0.05) is 48.5 Å². The number of fused-ring (bicyclic) bond motifs is 1. The lowest BCUT2D eigenvalue weighted by atomic mass is 10.0. The molecule has 1 unspecified atom stereocenters. The van der Waals surface area contributed by atoms with Crippen molar-refractivity contribution in [2.75, 3.05) is 5.32 Å². The second kappa shape index (κ2) is 5.68. The van der Waals surface area contributed by atoms with Gasteiger partial charge in [0.1, 0.15) is 0 Å². The van der Waals surface area contributed by atoms with Crippen LogP contribution in [0.25, 0.3) is 10.8 Å². The highest BCUT2D eigenvalue weighted by Gasteiger charge is 2.08. The first kappa shape index (κ1) is 13.2. The molecule has 0 heterocycles. The summed E-state index contributed by atoms with van der Waals surface area (Å²) >= 11 is 0. The van der Waals surface area contributed by atoms with Crippen LogP contribution in [0.3, 0.4) is 0 Å². The van der Waals surface area contributed by atoms with Gasteiger partial charge in [-0.15, -0.1) is 0 Å². The minimum Gasteiger partial charge on any atom is -0.378 e. The fourth-order valence-corrected chi connectivity index (χ4v) is 2.55. The number of anilines is 1. The lowest BCUT2D eigenvalue weighted by Gasteiger charge is -2.17. The number of hydrogen-bond acceptors (Lipinski definition) is 2. The van der Waals surface area contributed by atoms with Crippen LogP contribution >= 0.6 is 0 Å². The number of nitrogens with zero attached hydrogens (tertiary/aromatic N) is 1. The van der Waals surface area contributed by atoms with Crippen molar-refractivity contribution in [3.8, 4) is 6.07 Å². The van der Waals surface area contributed by atoms with Gasteiger partial charge in [-0.3, -0.25) is 0 Å². The van der Waals surface area contributed by atoms with Gasteiger partial charge in [-0.2, -0.15) is 5.26 Å². The number of rotatable bonds is 3. The van der Waals surface area contributed by atoms with Crippen LogP contribution in [-0.2, 0) is 0 Å². The summed E-state index contributed by atoms with van der Waals surface area (Å²) in [5, 5.41) is 15.0. The molecule has 0 saturated carbocycles. The van der Waals surface area contributed by atoms with Crippen molar-refractivity contribution in [2.24, 2.45) is 0 Å². The molecule has 3 aromatic carbocycles. The van der Waals surface area contributed by atoms with Crippen LogP contribution in [0, 0.1) is 11.3 Å². The topological polar surface area (TPSA) is 35.8 Å². The molecule has 3 aromatic rings. The molecule has 1 atom stereocenters. The summed E-state index contributed by atoms with van der Waals surface area (Å²) in [6, 6.07) is 24.7. The second-order valence-electron chi connectivity index (χ2n) is 5.13. The zero-order chi connectivity index (χ0) is 14.7. The maximum Gasteiger partial charge on any atom is 0.0991 e. The number of nitrogens with one attached hydrogen (secondary N) is 1. The largest absolute Gasteiger partial charge is 0.378 e. The summed E-state index contributed by atoms with van der Waals surface area (Å²) in [7, 11) is 0. The minimum absolute atomic E-state index is 0.143. The molecule has 0 fully saturated rings. The molecule has 0 saturated heterocycles. The summed E-state index contributed by atoms with van der Waals surface area (Å²) in [5.41, 5.74) is 2.92. The molecule has 3 rings (SSSR count). The van der Waals surface area contributed by atoms with Crippen LogP contribution in [0.15, 0.2) is 66.7 Å². The van der Waals surface area contributed by atoms with E-state index >= 15 is 0 Å². The molecule has 0 aliphatic rings. The lowest BCUT2D eigenvalue weighted by molar-refractivity contribution is 0.886. The van der Waals surface area contributed by atoms with Gasteiger partial charge in [0.05, 0.1) is 11.6 Å². The van der Waals surface area contributed by atoms with E-state index in [1.54, 1.807) is 0 Å². The van der Waals surface area contributed by atoms with Gasteiger partial charge in [-0.05, 0) is 36.1 Å². The fraction of sp³-hybridized carbons (Fsp3) is 0.105. The van der Waals surface area contributed by atoms with Crippen molar-refractivity contribution in [1.82, 2.24) is 0 Å². The van der Waals surface area contributed by atoms with E-state index < -0.39 is 0 Å². The first-order valence-corrected chi connectivity index (χ1v) is 7.02. The molecular weight excluding hydrogens is 256 g/mol. The van der Waals surface area contributed by atoms with E-state index in [1.807, 2.05) is 30.3 Å². The van der Waals surface area contributed by atoms with Gasteiger partial charge in [0.25, 0.3) is 0 Å². The molecule has 21 heavy (non-hydrogen) atoms. The fourth-order valence-electron chi connectivity index (χ4n) is 2.55. The Morgan fingerprint density at radius 1 is 0.952 bits per heavy atom. The molecule has 0 aliphatic heterocycles. The zero-order valence-electron chi connectivity index (χ0n) is 11.9. The summed E-state index contributed by atoms with van der Waals surface area (Å²) < 4.78 is 0. The minimum atomic E-state index is 0.143. The van der Waals surface area contributed by atoms with Crippen molar-refractivity contribution < 1.29 is 0 Å². The third-order valence-electron chi connectivity index (χ3n) is 3.68. The van der Waals surface area contributed by atoms with Crippen LogP contribution < -0.4 is 5.32 Å². The zero-order valence-corrected chi connectivity index (χ0v) is 11.9. The highest BCUT2D eigenvalue weighted by molar-refractivity contribution is 5.93. The van der Waals surface area contributed by atoms with Crippen molar-refractivity contribution in [3.05, 3.63) is 77.9 Å². The quantitative estimate of drug-likeness (QED) is 0.737. The van der Waals surface area contributed by atoms with Crippen molar-refractivity contribution in [1.29, 1.82) is 5.26 Å². The SMILES string of the molecule is CC(Nc1cccc2ccccc12)c1cccc(C#N)c1. The summed E-state index contributed by atoms with van der Waals surface area (Å²) in [6.07, 6.45) is 0. The predicted molar refractivity (Wildman–Crippen MR) is 87.1 cm³/mol. The summed E-state index contributed by atoms with van der Waals surface area (Å²) in [4.78, 5) is 0. The molecular formula is C19H16N2. The van der Waals surface area contributed by atoms with Gasteiger partial charge in [0.2, 0.25) is 0 Å². The number of benzene rings is 3. The molecule has 2 nitrogen and oxygen atoms in total. The molecule has 0 amide bonds. The molecule has 0 aliphatic carbocycles. The first-order chi connectivity index (χ1) is 10.3. The van der Waals surface area contributed by atoms with E-state index in [9.17, 15) is 0 Å². The molecule has 0 bridgehead atoms. The van der Waals surface area contributed by atoms with Crippen molar-refractivity contribution in [3.63, 3.8) is 0 Å². The Morgan fingerprint density at radius 2 is 1.71 bits per heavy atom. The Kier molecular flexibility index (Phi) is 3.57. The summed E-state index contributed by atoms with van der Waals surface area (Å²) in [6.45, 7) is 2.11. The molecule has 1 N–H and O–H groups in total. The van der Waals surface area contributed by atoms with E-state index in [1.165, 1.54) is 10.8 Å². The van der Waals surface area contributed by atoms with E-state index in [0.29, 0.717) is 5.56 Å². The molecule has 102 valence electrons. The van der Waals surface area contributed by atoms with Crippen LogP contribution in [0.4, 0.5) is 5.69 Å². The molecule has 0 aromatic heterocycles. The maximum atomic E-state index is 9.00. The van der Waals surface area contributed by atoms with E-state index in [-0.39, 0.29) is 6.04 Å². The Labute approximate surface area is 124 Å². The van der Waals surface area contributed by atoms with Crippen molar-refractivity contribution >= 4 is 16.5 Å². The lowest BCUT2D eigenvalue weighted by Crippen LogP contribution is -2.07. The van der Waals surface area contributed by atoms with Gasteiger partial charge in [-0.25, -0.2) is 0 Å². The van der Waals surface area contributed by atoms with E-state index in [2.05, 4.69) is 54.7 Å². The van der Waals surface area contributed by atoms with Gasteiger partial charge < -0.3 is 5.32 Å². The molecule has 0 radical (unpaired) electrons. The highest BCUT2D eigenvalue weighted by Crippen LogP contribution is 2.27. The Hall–Kier alpha value is -2.79. The highest BCUT2D eigenvalue weighted by atomic mass is 14.9. The Balaban J connectivity index is 1.93. The molecule has 0 spiro atoms. The molecule has 2 heteroatoms. The Morgan fingerprint density at radius 3 is 2.57 bits per heavy atom. The predicted octanol–water partition coefficient (Wildman–Crippen LogP) is 4.88. The summed E-state index contributed by atoms with van der Waals surface area (Å²) in [5.74, 6) is 0. The standard InChI is InChI=1S/C19H16N2/c1-14(17-9-4-6-15(12-17)13-20)21-19-11-5-8-16-7-2-3-10-18(16)19/h2-12,14,21H,1H3. The van der Waals surface area contributed by atoms with Crippen LogP contribution in [-0.4, -0.2) is 0 Å². The third kappa shape index (κ3) is 2.73. The van der Waals surface area contributed by atoms with Gasteiger partial charge >= 0.3 is 0 Å². The number of nitriles is 1. The Bertz CT molecular complexity index is 810. The average Bonchev–Trinajstić information content (AvgIpc) is 2.55. The normalized spacial score (nSPS) is 11.8. The van der Waals surface area contributed by atoms with Gasteiger partial charge in [0.15, 0.2) is 0 Å². The van der Waals surface area contributed by atoms with Crippen molar-refractivity contribution in [2.45, 2.75) is 13.0 Å². The maximum absolute atomic E-state index is 9.00. The van der Waals surface area contributed by atoms with Gasteiger partial charge in [0, 0.05) is 17.1 Å². The van der Waals surface area contributed by atoms with Crippen LogP contribution in [0.2, 0.25) is 0 Å². The average molecular weight is 272 g/mol. The smallest absolute Gasteiger partial charge is 0.0991 e. The van der Waals surface area contributed by atoms with E-state index in [4.69, 9.17) is 5.26 Å².